The molecule has 3 N–H and O–H groups in total. The standard InChI is InChI=1S/C17H16FN3O.ClH/c18-14-6-2-4-8-16(14)21-11-13(17(22)20-10-9-19)12-5-1-3-7-15(12)21;/h1-8,11H,9-10,19H2,(H,20,22);1H. The molecule has 0 saturated heterocycles. The summed E-state index contributed by atoms with van der Waals surface area (Å²) in [4.78, 5) is 12.3. The number of nitrogens with zero attached hydrogens (tertiary/aromatic N) is 1. The van der Waals surface area contributed by atoms with Gasteiger partial charge >= 0.3 is 0 Å². The van der Waals surface area contributed by atoms with Crippen molar-refractivity contribution in [2.75, 3.05) is 13.1 Å². The molecule has 4 nitrogen and oxygen atoms in total. The fourth-order valence-electron chi connectivity index (χ4n) is 2.49. The summed E-state index contributed by atoms with van der Waals surface area (Å²) in [6, 6.07) is 13.9. The molecule has 3 rings (SSSR count). The number of hydrogen-bond donors (Lipinski definition) is 2. The zero-order valence-corrected chi connectivity index (χ0v) is 13.1. The van der Waals surface area contributed by atoms with E-state index in [9.17, 15) is 9.18 Å². The highest BCUT2D eigenvalue weighted by Crippen LogP contribution is 2.26. The van der Waals surface area contributed by atoms with Gasteiger partial charge in [-0.3, -0.25) is 4.79 Å². The fourth-order valence-corrected chi connectivity index (χ4v) is 2.49. The smallest absolute Gasteiger partial charge is 0.253 e. The Balaban J connectivity index is 0.00000192. The molecule has 23 heavy (non-hydrogen) atoms. The third-order valence-corrected chi connectivity index (χ3v) is 3.50. The van der Waals surface area contributed by atoms with Gasteiger partial charge in [0.15, 0.2) is 0 Å². The van der Waals surface area contributed by atoms with Crippen molar-refractivity contribution in [3.05, 3.63) is 66.1 Å². The first kappa shape index (κ1) is 17.0. The van der Waals surface area contributed by atoms with E-state index in [2.05, 4.69) is 5.32 Å². The van der Waals surface area contributed by atoms with Gasteiger partial charge in [0.2, 0.25) is 0 Å². The molecule has 0 atom stereocenters. The van der Waals surface area contributed by atoms with E-state index in [1.54, 1.807) is 29.0 Å². The normalized spacial score (nSPS) is 10.3. The Hall–Kier alpha value is -2.37. The Kier molecular flexibility index (Phi) is 5.36. The molecule has 0 bridgehead atoms. The minimum Gasteiger partial charge on any atom is -0.351 e. The Morgan fingerprint density at radius 3 is 2.57 bits per heavy atom. The molecular formula is C17H17ClFN3O. The Bertz CT molecular complexity index is 832. The first-order valence-corrected chi connectivity index (χ1v) is 7.05. The van der Waals surface area contributed by atoms with Crippen LogP contribution < -0.4 is 11.1 Å². The van der Waals surface area contributed by atoms with E-state index in [-0.39, 0.29) is 24.1 Å². The summed E-state index contributed by atoms with van der Waals surface area (Å²) in [5.41, 5.74) is 7.12. The van der Waals surface area contributed by atoms with Crippen molar-refractivity contribution in [2.45, 2.75) is 0 Å². The highest BCUT2D eigenvalue weighted by Gasteiger charge is 2.16. The number of carbonyl (C=O) groups is 1. The molecule has 2 aromatic carbocycles. The molecule has 0 fully saturated rings. The highest BCUT2D eigenvalue weighted by molar-refractivity contribution is 6.07. The van der Waals surface area contributed by atoms with E-state index in [0.717, 1.165) is 10.9 Å². The first-order chi connectivity index (χ1) is 10.7. The Morgan fingerprint density at radius 2 is 1.83 bits per heavy atom. The number of halogens is 2. The predicted octanol–water partition coefficient (Wildman–Crippen LogP) is 2.88. The number of fused-ring (bicyclic) bond motifs is 1. The minimum absolute atomic E-state index is 0. The number of nitrogens with one attached hydrogen (secondary N) is 1. The van der Waals surface area contributed by atoms with Crippen LogP contribution in [-0.2, 0) is 0 Å². The molecule has 0 saturated carbocycles. The van der Waals surface area contributed by atoms with Gasteiger partial charge in [0.1, 0.15) is 5.82 Å². The monoisotopic (exact) mass is 333 g/mol. The van der Waals surface area contributed by atoms with Gasteiger partial charge in [-0.25, -0.2) is 4.39 Å². The largest absolute Gasteiger partial charge is 0.351 e. The second kappa shape index (κ2) is 7.26. The number of para-hydroxylation sites is 2. The maximum absolute atomic E-state index is 14.1. The molecule has 6 heteroatoms. The van der Waals surface area contributed by atoms with Crippen LogP contribution in [0.2, 0.25) is 0 Å². The number of aromatic nitrogens is 1. The zero-order chi connectivity index (χ0) is 15.5. The van der Waals surface area contributed by atoms with Crippen LogP contribution in [0.25, 0.3) is 16.6 Å². The number of benzene rings is 2. The summed E-state index contributed by atoms with van der Waals surface area (Å²) in [7, 11) is 0. The molecule has 0 radical (unpaired) electrons. The number of rotatable bonds is 4. The SMILES string of the molecule is Cl.NCCNC(=O)c1cn(-c2ccccc2F)c2ccccc12. The molecule has 0 spiro atoms. The summed E-state index contributed by atoms with van der Waals surface area (Å²) in [5, 5.41) is 3.53. The maximum atomic E-state index is 14.1. The van der Waals surface area contributed by atoms with Crippen molar-refractivity contribution in [2.24, 2.45) is 5.73 Å². The third kappa shape index (κ3) is 3.21. The second-order valence-corrected chi connectivity index (χ2v) is 4.93. The van der Waals surface area contributed by atoms with Crippen LogP contribution in [0.1, 0.15) is 10.4 Å². The Labute approximate surface area is 139 Å². The molecule has 1 heterocycles. The molecule has 1 aromatic heterocycles. The molecule has 3 aromatic rings. The van der Waals surface area contributed by atoms with Crippen LogP contribution in [0.5, 0.6) is 0 Å². The average Bonchev–Trinajstić information content (AvgIpc) is 2.93. The van der Waals surface area contributed by atoms with Gasteiger partial charge in [0.05, 0.1) is 16.8 Å². The summed E-state index contributed by atoms with van der Waals surface area (Å²) in [6.07, 6.45) is 1.66. The van der Waals surface area contributed by atoms with Gasteiger partial charge in [-0.05, 0) is 18.2 Å². The van der Waals surface area contributed by atoms with E-state index in [0.29, 0.717) is 24.3 Å². The van der Waals surface area contributed by atoms with Gasteiger partial charge < -0.3 is 15.6 Å². The lowest BCUT2D eigenvalue weighted by molar-refractivity contribution is 0.0956. The Morgan fingerprint density at radius 1 is 1.13 bits per heavy atom. The number of carbonyl (C=O) groups excluding carboxylic acids is 1. The molecule has 0 aliphatic heterocycles. The molecule has 1 amide bonds. The fraction of sp³-hybridized carbons (Fsp3) is 0.118. The van der Waals surface area contributed by atoms with Crippen LogP contribution in [0.3, 0.4) is 0 Å². The topological polar surface area (TPSA) is 60.0 Å². The average molecular weight is 334 g/mol. The number of hydrogen-bond acceptors (Lipinski definition) is 2. The van der Waals surface area contributed by atoms with Crippen LogP contribution in [0.15, 0.2) is 54.7 Å². The van der Waals surface area contributed by atoms with Crippen molar-refractivity contribution in [3.8, 4) is 5.69 Å². The quantitative estimate of drug-likeness (QED) is 0.771. The molecular weight excluding hydrogens is 317 g/mol. The van der Waals surface area contributed by atoms with E-state index in [1.807, 2.05) is 24.3 Å². The van der Waals surface area contributed by atoms with Crippen molar-refractivity contribution in [3.63, 3.8) is 0 Å². The van der Waals surface area contributed by atoms with Crippen molar-refractivity contribution in [1.82, 2.24) is 9.88 Å². The van der Waals surface area contributed by atoms with Gasteiger partial charge in [0.25, 0.3) is 5.91 Å². The number of nitrogens with two attached hydrogens (primary N) is 1. The first-order valence-electron chi connectivity index (χ1n) is 7.05. The second-order valence-electron chi connectivity index (χ2n) is 4.93. The van der Waals surface area contributed by atoms with E-state index in [1.165, 1.54) is 6.07 Å². The van der Waals surface area contributed by atoms with E-state index in [4.69, 9.17) is 5.73 Å². The summed E-state index contributed by atoms with van der Waals surface area (Å²) >= 11 is 0. The minimum atomic E-state index is -0.336. The lowest BCUT2D eigenvalue weighted by Crippen LogP contribution is -2.28. The summed E-state index contributed by atoms with van der Waals surface area (Å²) < 4.78 is 15.8. The number of amides is 1. The van der Waals surface area contributed by atoms with Crippen LogP contribution in [-0.4, -0.2) is 23.6 Å². The van der Waals surface area contributed by atoms with E-state index >= 15 is 0 Å². The highest BCUT2D eigenvalue weighted by atomic mass is 35.5. The van der Waals surface area contributed by atoms with Crippen LogP contribution >= 0.6 is 12.4 Å². The van der Waals surface area contributed by atoms with Crippen LogP contribution in [0, 0.1) is 5.82 Å². The van der Waals surface area contributed by atoms with E-state index < -0.39 is 0 Å². The third-order valence-electron chi connectivity index (χ3n) is 3.50. The van der Waals surface area contributed by atoms with Gasteiger partial charge in [0, 0.05) is 24.7 Å². The lowest BCUT2D eigenvalue weighted by Gasteiger charge is -2.06. The molecule has 0 aliphatic rings. The van der Waals surface area contributed by atoms with Gasteiger partial charge in [-0.15, -0.1) is 12.4 Å². The van der Waals surface area contributed by atoms with Gasteiger partial charge in [-0.1, -0.05) is 30.3 Å². The van der Waals surface area contributed by atoms with Crippen molar-refractivity contribution >= 4 is 29.2 Å². The zero-order valence-electron chi connectivity index (χ0n) is 12.3. The lowest BCUT2D eigenvalue weighted by atomic mass is 10.1. The molecule has 0 aliphatic carbocycles. The summed E-state index contributed by atoms with van der Waals surface area (Å²) in [6.45, 7) is 0.774. The van der Waals surface area contributed by atoms with Crippen molar-refractivity contribution in [1.29, 1.82) is 0 Å². The van der Waals surface area contributed by atoms with Gasteiger partial charge in [-0.2, -0.15) is 0 Å². The maximum Gasteiger partial charge on any atom is 0.253 e. The molecule has 0 unspecified atom stereocenters. The van der Waals surface area contributed by atoms with Crippen molar-refractivity contribution < 1.29 is 9.18 Å². The predicted molar refractivity (Wildman–Crippen MR) is 91.9 cm³/mol. The summed E-state index contributed by atoms with van der Waals surface area (Å²) in [5.74, 6) is -0.547. The van der Waals surface area contributed by atoms with Crippen LogP contribution in [0.4, 0.5) is 4.39 Å². The molecule has 120 valence electrons.